The van der Waals surface area contributed by atoms with Gasteiger partial charge in [-0.15, -0.1) is 0 Å². The van der Waals surface area contributed by atoms with Gasteiger partial charge in [-0.05, 0) is 74.4 Å². The van der Waals surface area contributed by atoms with Crippen LogP contribution in [0.4, 0.5) is 4.39 Å². The second-order valence-electron chi connectivity index (χ2n) is 9.29. The average molecular weight is 470 g/mol. The highest BCUT2D eigenvalue weighted by molar-refractivity contribution is 6.30. The van der Waals surface area contributed by atoms with Gasteiger partial charge in [-0.25, -0.2) is 9.37 Å². The van der Waals surface area contributed by atoms with Crippen LogP contribution < -0.4 is 5.73 Å². The summed E-state index contributed by atoms with van der Waals surface area (Å²) in [5.74, 6) is -0.169. The van der Waals surface area contributed by atoms with Crippen molar-refractivity contribution in [3.05, 3.63) is 53.3 Å². The highest BCUT2D eigenvalue weighted by Gasteiger charge is 2.54. The first-order valence-corrected chi connectivity index (χ1v) is 12.3. The minimum Gasteiger partial charge on any atom is -0.375 e. The summed E-state index contributed by atoms with van der Waals surface area (Å²) in [5.41, 5.74) is 7.24. The van der Waals surface area contributed by atoms with E-state index in [2.05, 4.69) is 0 Å². The van der Waals surface area contributed by atoms with E-state index in [4.69, 9.17) is 27.1 Å². The van der Waals surface area contributed by atoms with E-state index in [9.17, 15) is 9.18 Å². The molecule has 2 N–H and O–H groups in total. The summed E-state index contributed by atoms with van der Waals surface area (Å²) in [5, 5.41) is 0.608. The van der Waals surface area contributed by atoms with Crippen LogP contribution in [0, 0.1) is 11.7 Å². The van der Waals surface area contributed by atoms with Crippen molar-refractivity contribution in [3.63, 3.8) is 0 Å². The second-order valence-corrected chi connectivity index (χ2v) is 9.73. The van der Waals surface area contributed by atoms with Crippen LogP contribution >= 0.6 is 11.6 Å². The summed E-state index contributed by atoms with van der Waals surface area (Å²) >= 11 is 6.15. The topological polar surface area (TPSA) is 70.1 Å². The number of amides is 1. The van der Waals surface area contributed by atoms with Crippen LogP contribution in [0.5, 0.6) is 0 Å². The van der Waals surface area contributed by atoms with E-state index >= 15 is 0 Å². The summed E-state index contributed by atoms with van der Waals surface area (Å²) in [6.45, 7) is 0.601. The molecule has 7 heteroatoms. The monoisotopic (exact) mass is 469 g/mol. The number of benzene rings is 2. The number of hydrogen-bond acceptors (Lipinski definition) is 3. The minimum atomic E-state index is -1.11. The fourth-order valence-electron chi connectivity index (χ4n) is 5.91. The van der Waals surface area contributed by atoms with Gasteiger partial charge in [0.2, 0.25) is 5.91 Å². The third-order valence-corrected chi connectivity index (χ3v) is 7.63. The first-order chi connectivity index (χ1) is 16.0. The van der Waals surface area contributed by atoms with E-state index in [0.29, 0.717) is 28.5 Å². The fourth-order valence-corrected chi connectivity index (χ4v) is 6.04. The standard InChI is InChI=1S/C26H29ClFN3O2/c27-19-11-9-17(10-12-19)24-30-21-16-20(28)13-14-22(21)31(24)26(25(29)32,18-6-2-1-3-7-18)23-8-4-5-15-33-23/h9-14,16,18,23H,1-8,15H2,(H2,29,32). The summed E-state index contributed by atoms with van der Waals surface area (Å²) < 4.78 is 22.5. The molecule has 2 unspecified atom stereocenters. The number of carbonyl (C=O) groups excluding carboxylic acids is 1. The first-order valence-electron chi connectivity index (χ1n) is 11.9. The minimum absolute atomic E-state index is 0.0142. The summed E-state index contributed by atoms with van der Waals surface area (Å²) in [6.07, 6.45) is 7.36. The zero-order valence-corrected chi connectivity index (χ0v) is 19.4. The maximum Gasteiger partial charge on any atom is 0.246 e. The van der Waals surface area contributed by atoms with Gasteiger partial charge in [0.25, 0.3) is 0 Å². The molecule has 2 aliphatic rings. The fraction of sp³-hybridized carbons (Fsp3) is 0.462. The van der Waals surface area contributed by atoms with E-state index in [1.54, 1.807) is 18.2 Å². The predicted octanol–water partition coefficient (Wildman–Crippen LogP) is 5.83. The van der Waals surface area contributed by atoms with Gasteiger partial charge in [0, 0.05) is 23.3 Å². The van der Waals surface area contributed by atoms with Gasteiger partial charge >= 0.3 is 0 Å². The van der Waals surface area contributed by atoms with Crippen LogP contribution in [-0.4, -0.2) is 28.2 Å². The Morgan fingerprint density at radius 1 is 1.06 bits per heavy atom. The SMILES string of the molecule is NC(=O)C(C1CCCCC1)(C1CCCCO1)n1c(-c2ccc(Cl)cc2)nc2cc(F)ccc21. The highest BCUT2D eigenvalue weighted by Crippen LogP contribution is 2.47. The zero-order valence-electron chi connectivity index (χ0n) is 18.6. The van der Waals surface area contributed by atoms with Gasteiger partial charge in [0.1, 0.15) is 11.6 Å². The van der Waals surface area contributed by atoms with Crippen LogP contribution in [0.3, 0.4) is 0 Å². The number of nitrogens with two attached hydrogens (primary N) is 1. The van der Waals surface area contributed by atoms with E-state index < -0.39 is 11.4 Å². The molecule has 1 amide bonds. The lowest BCUT2D eigenvalue weighted by atomic mass is 9.69. The van der Waals surface area contributed by atoms with Crippen molar-refractivity contribution in [2.45, 2.75) is 63.0 Å². The van der Waals surface area contributed by atoms with Crippen molar-refractivity contribution in [1.29, 1.82) is 0 Å². The van der Waals surface area contributed by atoms with Crippen molar-refractivity contribution >= 4 is 28.5 Å². The number of halogens is 2. The molecule has 1 aliphatic carbocycles. The number of carbonyl (C=O) groups is 1. The summed E-state index contributed by atoms with van der Waals surface area (Å²) in [7, 11) is 0. The van der Waals surface area contributed by atoms with Crippen molar-refractivity contribution in [3.8, 4) is 11.4 Å². The van der Waals surface area contributed by atoms with Crippen LogP contribution in [0.25, 0.3) is 22.4 Å². The number of imidazole rings is 1. The molecule has 3 aromatic rings. The van der Waals surface area contributed by atoms with E-state index in [1.807, 2.05) is 16.7 Å². The van der Waals surface area contributed by atoms with E-state index in [-0.39, 0.29) is 17.8 Å². The Labute approximate surface area is 198 Å². The Bertz CT molecular complexity index is 1130. The lowest BCUT2D eigenvalue weighted by Crippen LogP contribution is -2.61. The molecule has 0 radical (unpaired) electrons. The van der Waals surface area contributed by atoms with Crippen LogP contribution in [-0.2, 0) is 15.1 Å². The molecule has 0 bridgehead atoms. The van der Waals surface area contributed by atoms with Gasteiger partial charge in [0.05, 0.1) is 17.1 Å². The molecule has 33 heavy (non-hydrogen) atoms. The van der Waals surface area contributed by atoms with Crippen molar-refractivity contribution in [2.24, 2.45) is 11.7 Å². The largest absolute Gasteiger partial charge is 0.375 e. The van der Waals surface area contributed by atoms with Crippen molar-refractivity contribution < 1.29 is 13.9 Å². The van der Waals surface area contributed by atoms with Crippen molar-refractivity contribution in [1.82, 2.24) is 9.55 Å². The Hall–Kier alpha value is -2.44. The predicted molar refractivity (Wildman–Crippen MR) is 127 cm³/mol. The number of ether oxygens (including phenoxy) is 1. The smallest absolute Gasteiger partial charge is 0.246 e. The number of nitrogens with zero attached hydrogens (tertiary/aromatic N) is 2. The molecular weight excluding hydrogens is 441 g/mol. The van der Waals surface area contributed by atoms with Gasteiger partial charge in [-0.3, -0.25) is 4.79 Å². The molecule has 2 fully saturated rings. The summed E-state index contributed by atoms with van der Waals surface area (Å²) in [6, 6.07) is 11.9. The van der Waals surface area contributed by atoms with E-state index in [0.717, 1.165) is 56.9 Å². The third-order valence-electron chi connectivity index (χ3n) is 7.38. The molecule has 2 aromatic carbocycles. The number of hydrogen-bond donors (Lipinski definition) is 1. The molecule has 2 heterocycles. The lowest BCUT2D eigenvalue weighted by molar-refractivity contribution is -0.147. The molecule has 1 saturated heterocycles. The molecule has 2 atom stereocenters. The van der Waals surface area contributed by atoms with Gasteiger partial charge in [0.15, 0.2) is 5.54 Å². The maximum atomic E-state index is 14.2. The Kier molecular flexibility index (Phi) is 6.14. The Morgan fingerprint density at radius 3 is 2.45 bits per heavy atom. The molecule has 174 valence electrons. The van der Waals surface area contributed by atoms with Crippen LogP contribution in [0.1, 0.15) is 51.4 Å². The number of aromatic nitrogens is 2. The zero-order chi connectivity index (χ0) is 23.0. The van der Waals surface area contributed by atoms with Gasteiger partial charge < -0.3 is 15.0 Å². The third kappa shape index (κ3) is 3.83. The number of primary amides is 1. The molecule has 5 rings (SSSR count). The van der Waals surface area contributed by atoms with Crippen LogP contribution in [0.15, 0.2) is 42.5 Å². The number of rotatable bonds is 5. The maximum absolute atomic E-state index is 14.2. The highest BCUT2D eigenvalue weighted by atomic mass is 35.5. The Balaban J connectivity index is 1.83. The van der Waals surface area contributed by atoms with Gasteiger partial charge in [-0.2, -0.15) is 0 Å². The summed E-state index contributed by atoms with van der Waals surface area (Å²) in [4.78, 5) is 18.5. The normalized spacial score (nSPS) is 21.7. The van der Waals surface area contributed by atoms with Crippen LogP contribution in [0.2, 0.25) is 5.02 Å². The molecule has 1 aromatic heterocycles. The van der Waals surface area contributed by atoms with Crippen molar-refractivity contribution in [2.75, 3.05) is 6.61 Å². The van der Waals surface area contributed by atoms with E-state index in [1.165, 1.54) is 12.1 Å². The first kappa shape index (κ1) is 22.4. The second kappa shape index (κ2) is 9.07. The molecule has 5 nitrogen and oxygen atoms in total. The lowest BCUT2D eigenvalue weighted by Gasteiger charge is -2.48. The molecule has 1 aliphatic heterocycles. The quantitative estimate of drug-likeness (QED) is 0.511. The average Bonchev–Trinajstić information content (AvgIpc) is 3.20. The molecule has 0 spiro atoms. The number of fused-ring (bicyclic) bond motifs is 1. The molecular formula is C26H29ClFN3O2. The Morgan fingerprint density at radius 2 is 1.79 bits per heavy atom. The molecule has 1 saturated carbocycles. The van der Waals surface area contributed by atoms with Gasteiger partial charge in [-0.1, -0.05) is 30.9 Å².